The maximum absolute atomic E-state index is 3.41. The molecule has 1 aromatic rings. The first-order valence-corrected chi connectivity index (χ1v) is 11.7. The van der Waals surface area contributed by atoms with Crippen LogP contribution < -0.4 is 10.5 Å². The zero-order valence-electron chi connectivity index (χ0n) is 14.2. The molecule has 0 amide bonds. The van der Waals surface area contributed by atoms with E-state index in [2.05, 4.69) is 66.1 Å². The molecular weight excluding hydrogens is 274 g/mol. The monoisotopic (exact) mass is 305 g/mol. The Balaban J connectivity index is 1.78. The third-order valence-electron chi connectivity index (χ3n) is 4.28. The van der Waals surface area contributed by atoms with Crippen molar-refractivity contribution in [1.82, 2.24) is 15.1 Å². The second-order valence-corrected chi connectivity index (χ2v) is 12.4. The van der Waals surface area contributed by atoms with Gasteiger partial charge in [0.05, 0.1) is 8.07 Å². The van der Waals surface area contributed by atoms with Gasteiger partial charge in [0, 0.05) is 45.8 Å². The average Bonchev–Trinajstić information content (AvgIpc) is 2.46. The topological polar surface area (TPSA) is 18.5 Å². The Kier molecular flexibility index (Phi) is 5.99. The van der Waals surface area contributed by atoms with Crippen LogP contribution in [-0.2, 0) is 6.54 Å². The van der Waals surface area contributed by atoms with Gasteiger partial charge in [-0.05, 0) is 12.6 Å². The first kappa shape index (κ1) is 16.7. The fourth-order valence-electron chi connectivity index (χ4n) is 2.75. The highest BCUT2D eigenvalue weighted by Gasteiger charge is 2.15. The van der Waals surface area contributed by atoms with Gasteiger partial charge >= 0.3 is 0 Å². The van der Waals surface area contributed by atoms with Gasteiger partial charge in [0.2, 0.25) is 0 Å². The SMILES string of the molecule is CN(CCN1CCNCC1)Cc1ccc([Si](C)(C)C)cc1. The summed E-state index contributed by atoms with van der Waals surface area (Å²) < 4.78 is 0. The summed E-state index contributed by atoms with van der Waals surface area (Å²) in [5, 5.41) is 4.96. The molecule has 0 spiro atoms. The lowest BCUT2D eigenvalue weighted by Gasteiger charge is -2.29. The maximum Gasteiger partial charge on any atom is 0.0775 e. The molecule has 3 nitrogen and oxygen atoms in total. The molecule has 1 N–H and O–H groups in total. The molecule has 0 bridgehead atoms. The summed E-state index contributed by atoms with van der Waals surface area (Å²) in [7, 11) is 1.07. The smallest absolute Gasteiger partial charge is 0.0775 e. The van der Waals surface area contributed by atoms with Crippen molar-refractivity contribution in [3.63, 3.8) is 0 Å². The van der Waals surface area contributed by atoms with Crippen molar-refractivity contribution >= 4 is 13.3 Å². The minimum absolute atomic E-state index is 1.05. The van der Waals surface area contributed by atoms with E-state index in [9.17, 15) is 0 Å². The Bertz CT molecular complexity index is 419. The molecule has 1 fully saturated rings. The molecule has 118 valence electrons. The second-order valence-electron chi connectivity index (χ2n) is 7.28. The van der Waals surface area contributed by atoms with Crippen LogP contribution in [0.4, 0.5) is 0 Å². The number of rotatable bonds is 6. The molecule has 21 heavy (non-hydrogen) atoms. The predicted molar refractivity (Wildman–Crippen MR) is 95.1 cm³/mol. The van der Waals surface area contributed by atoms with Crippen molar-refractivity contribution in [2.24, 2.45) is 0 Å². The number of piperazine rings is 1. The molecule has 0 aliphatic carbocycles. The van der Waals surface area contributed by atoms with Gasteiger partial charge in [-0.25, -0.2) is 0 Å². The summed E-state index contributed by atoms with van der Waals surface area (Å²) in [6.07, 6.45) is 0. The van der Waals surface area contributed by atoms with E-state index in [0.29, 0.717) is 0 Å². The van der Waals surface area contributed by atoms with Crippen LogP contribution in [0, 0.1) is 0 Å². The first-order valence-electron chi connectivity index (χ1n) is 8.16. The highest BCUT2D eigenvalue weighted by Crippen LogP contribution is 2.06. The fourth-order valence-corrected chi connectivity index (χ4v) is 3.91. The molecule has 1 aliphatic heterocycles. The van der Waals surface area contributed by atoms with E-state index < -0.39 is 8.07 Å². The second kappa shape index (κ2) is 7.54. The molecule has 0 unspecified atom stereocenters. The molecule has 1 aromatic carbocycles. The summed E-state index contributed by atoms with van der Waals surface area (Å²) in [6, 6.07) is 9.31. The van der Waals surface area contributed by atoms with Gasteiger partial charge in [-0.3, -0.25) is 4.90 Å². The average molecular weight is 306 g/mol. The summed E-state index contributed by atoms with van der Waals surface area (Å²) in [5.41, 5.74) is 1.43. The van der Waals surface area contributed by atoms with Crippen LogP contribution in [-0.4, -0.2) is 64.2 Å². The lowest BCUT2D eigenvalue weighted by Crippen LogP contribution is -2.45. The summed E-state index contributed by atoms with van der Waals surface area (Å²) >= 11 is 0. The predicted octanol–water partition coefficient (Wildman–Crippen LogP) is 1.57. The highest BCUT2D eigenvalue weighted by molar-refractivity contribution is 6.88. The van der Waals surface area contributed by atoms with Crippen molar-refractivity contribution in [3.8, 4) is 0 Å². The molecule has 0 aromatic heterocycles. The van der Waals surface area contributed by atoms with Gasteiger partial charge in [0.15, 0.2) is 0 Å². The van der Waals surface area contributed by atoms with E-state index in [1.807, 2.05) is 0 Å². The van der Waals surface area contributed by atoms with Gasteiger partial charge in [0.25, 0.3) is 0 Å². The van der Waals surface area contributed by atoms with E-state index in [1.54, 1.807) is 5.19 Å². The van der Waals surface area contributed by atoms with Gasteiger partial charge in [-0.1, -0.05) is 49.1 Å². The molecule has 1 heterocycles. The normalized spacial score (nSPS) is 17.4. The van der Waals surface area contributed by atoms with E-state index in [0.717, 1.165) is 26.2 Å². The Morgan fingerprint density at radius 1 is 1.10 bits per heavy atom. The van der Waals surface area contributed by atoms with Crippen molar-refractivity contribution < 1.29 is 0 Å². The lowest BCUT2D eigenvalue weighted by atomic mass is 10.2. The molecule has 1 aliphatic rings. The van der Waals surface area contributed by atoms with Crippen LogP contribution in [0.5, 0.6) is 0 Å². The summed E-state index contributed by atoms with van der Waals surface area (Å²) in [6.45, 7) is 15.3. The number of benzene rings is 1. The van der Waals surface area contributed by atoms with Crippen LogP contribution >= 0.6 is 0 Å². The standard InChI is InChI=1S/C17H31N3Si/c1-19(13-14-20-11-9-18-10-12-20)15-16-5-7-17(8-6-16)21(2,3)4/h5-8,18H,9-15H2,1-4H3. The molecule has 1 saturated heterocycles. The Hall–Kier alpha value is -0.683. The summed E-state index contributed by atoms with van der Waals surface area (Å²) in [4.78, 5) is 4.99. The highest BCUT2D eigenvalue weighted by atomic mass is 28.3. The molecule has 4 heteroatoms. The van der Waals surface area contributed by atoms with E-state index in [1.165, 1.54) is 25.2 Å². The summed E-state index contributed by atoms with van der Waals surface area (Å²) in [5.74, 6) is 0. The molecule has 2 rings (SSSR count). The van der Waals surface area contributed by atoms with Crippen molar-refractivity contribution in [3.05, 3.63) is 29.8 Å². The van der Waals surface area contributed by atoms with Crippen molar-refractivity contribution in [1.29, 1.82) is 0 Å². The van der Waals surface area contributed by atoms with Gasteiger partial charge in [-0.15, -0.1) is 0 Å². The van der Waals surface area contributed by atoms with Crippen molar-refractivity contribution in [2.75, 3.05) is 46.3 Å². The molecule has 0 saturated carbocycles. The van der Waals surface area contributed by atoms with Crippen LogP contribution in [0.1, 0.15) is 5.56 Å². The largest absolute Gasteiger partial charge is 0.314 e. The minimum atomic E-state index is -1.16. The van der Waals surface area contributed by atoms with Gasteiger partial charge in [0.1, 0.15) is 0 Å². The number of hydrogen-bond acceptors (Lipinski definition) is 3. The molecular formula is C17H31N3Si. The molecule has 0 atom stereocenters. The number of nitrogens with zero attached hydrogens (tertiary/aromatic N) is 2. The Labute approximate surface area is 131 Å². The first-order chi connectivity index (χ1) is 9.95. The number of hydrogen-bond donors (Lipinski definition) is 1. The fraction of sp³-hybridized carbons (Fsp3) is 0.647. The van der Waals surface area contributed by atoms with E-state index in [-0.39, 0.29) is 0 Å². The Morgan fingerprint density at radius 2 is 1.71 bits per heavy atom. The number of likely N-dealkylation sites (N-methyl/N-ethyl adjacent to an activating group) is 1. The van der Waals surface area contributed by atoms with Crippen LogP contribution in [0.3, 0.4) is 0 Å². The zero-order chi connectivity index (χ0) is 15.3. The minimum Gasteiger partial charge on any atom is -0.314 e. The van der Waals surface area contributed by atoms with Gasteiger partial charge < -0.3 is 10.2 Å². The van der Waals surface area contributed by atoms with Crippen LogP contribution in [0.25, 0.3) is 0 Å². The van der Waals surface area contributed by atoms with Crippen molar-refractivity contribution in [2.45, 2.75) is 26.2 Å². The third-order valence-corrected chi connectivity index (χ3v) is 6.35. The third kappa shape index (κ3) is 5.55. The van der Waals surface area contributed by atoms with Gasteiger partial charge in [-0.2, -0.15) is 0 Å². The van der Waals surface area contributed by atoms with E-state index in [4.69, 9.17) is 0 Å². The van der Waals surface area contributed by atoms with E-state index >= 15 is 0 Å². The Morgan fingerprint density at radius 3 is 2.29 bits per heavy atom. The quantitative estimate of drug-likeness (QED) is 0.805. The lowest BCUT2D eigenvalue weighted by molar-refractivity contribution is 0.202. The maximum atomic E-state index is 3.41. The molecule has 0 radical (unpaired) electrons. The van der Waals surface area contributed by atoms with Crippen LogP contribution in [0.15, 0.2) is 24.3 Å². The van der Waals surface area contributed by atoms with Crippen LogP contribution in [0.2, 0.25) is 19.6 Å². The number of nitrogens with one attached hydrogen (secondary N) is 1. The zero-order valence-corrected chi connectivity index (χ0v) is 15.2.